The zero-order valence-electron chi connectivity index (χ0n) is 15.4. The predicted octanol–water partition coefficient (Wildman–Crippen LogP) is 1.44. The molecule has 3 atom stereocenters. The molecule has 1 heterocycles. The molecule has 0 aromatic heterocycles. The number of aliphatic hydroxyl groups excluding tert-OH is 2. The zero-order chi connectivity index (χ0) is 19.6. The molecule has 0 spiro atoms. The van der Waals surface area contributed by atoms with Crippen LogP contribution < -0.4 is 5.32 Å². The Hall–Kier alpha value is -2.70. The lowest BCUT2D eigenvalue weighted by Gasteiger charge is -2.24. The molecule has 2 aromatic rings. The molecule has 1 aliphatic rings. The van der Waals surface area contributed by atoms with E-state index in [4.69, 9.17) is 0 Å². The third-order valence-electron chi connectivity index (χ3n) is 4.91. The summed E-state index contributed by atoms with van der Waals surface area (Å²) < 4.78 is 0. The van der Waals surface area contributed by atoms with Gasteiger partial charge in [0.25, 0.3) is 11.8 Å². The Bertz CT molecular complexity index is 809. The van der Waals surface area contributed by atoms with Crippen LogP contribution >= 0.6 is 0 Å². The number of hydrogen-bond acceptors (Lipinski definition) is 4. The zero-order valence-corrected chi connectivity index (χ0v) is 15.4. The molecular formula is C21H24N2O4. The smallest absolute Gasteiger partial charge is 0.255 e. The van der Waals surface area contributed by atoms with Crippen LogP contribution in [0.25, 0.3) is 0 Å². The second-order valence-corrected chi connectivity index (χ2v) is 6.99. The van der Waals surface area contributed by atoms with E-state index in [1.54, 1.807) is 6.92 Å². The summed E-state index contributed by atoms with van der Waals surface area (Å²) in [4.78, 5) is 26.2. The Labute approximate surface area is 158 Å². The van der Waals surface area contributed by atoms with Gasteiger partial charge in [-0.15, -0.1) is 0 Å². The van der Waals surface area contributed by atoms with Crippen molar-refractivity contribution in [2.75, 3.05) is 0 Å². The molecule has 1 aliphatic heterocycles. The lowest BCUT2D eigenvalue weighted by atomic mass is 10.1. The number of nitrogens with one attached hydrogen (secondary N) is 1. The van der Waals surface area contributed by atoms with Crippen molar-refractivity contribution in [3.8, 4) is 0 Å². The lowest BCUT2D eigenvalue weighted by Crippen LogP contribution is -2.50. The molecule has 3 rings (SSSR count). The second kappa shape index (κ2) is 7.90. The highest BCUT2D eigenvalue weighted by atomic mass is 16.3. The van der Waals surface area contributed by atoms with Gasteiger partial charge in [-0.25, -0.2) is 0 Å². The van der Waals surface area contributed by atoms with Crippen LogP contribution in [0, 0.1) is 6.92 Å². The van der Waals surface area contributed by atoms with E-state index in [-0.39, 0.29) is 6.04 Å². The van der Waals surface area contributed by atoms with Gasteiger partial charge < -0.3 is 20.4 Å². The molecule has 2 amide bonds. The van der Waals surface area contributed by atoms with Gasteiger partial charge in [0.05, 0.1) is 6.04 Å². The Morgan fingerprint density at radius 3 is 2.07 bits per heavy atom. The SMILES string of the molecule is Cc1ccc([C@H](C)NC(=O)C(O)C(O)C(=O)N2Cc3ccccc3C2)cc1. The molecule has 3 N–H and O–H groups in total. The number of benzene rings is 2. The molecule has 2 unspecified atom stereocenters. The highest BCUT2D eigenvalue weighted by Gasteiger charge is 2.35. The average Bonchev–Trinajstić information content (AvgIpc) is 3.10. The van der Waals surface area contributed by atoms with Crippen molar-refractivity contribution in [1.82, 2.24) is 10.2 Å². The van der Waals surface area contributed by atoms with Gasteiger partial charge >= 0.3 is 0 Å². The summed E-state index contributed by atoms with van der Waals surface area (Å²) in [6.07, 6.45) is -3.63. The lowest BCUT2D eigenvalue weighted by molar-refractivity contribution is -0.153. The number of hydrogen-bond donors (Lipinski definition) is 3. The molecule has 0 aliphatic carbocycles. The fourth-order valence-corrected chi connectivity index (χ4v) is 3.19. The van der Waals surface area contributed by atoms with Crippen molar-refractivity contribution in [3.05, 3.63) is 70.8 Å². The topological polar surface area (TPSA) is 89.9 Å². The predicted molar refractivity (Wildman–Crippen MR) is 100 cm³/mol. The van der Waals surface area contributed by atoms with Crippen LogP contribution in [-0.4, -0.2) is 39.1 Å². The monoisotopic (exact) mass is 368 g/mol. The van der Waals surface area contributed by atoms with E-state index < -0.39 is 24.0 Å². The summed E-state index contributed by atoms with van der Waals surface area (Å²) in [5, 5.41) is 23.0. The third kappa shape index (κ3) is 4.18. The fourth-order valence-electron chi connectivity index (χ4n) is 3.19. The minimum atomic E-state index is -1.82. The van der Waals surface area contributed by atoms with E-state index in [2.05, 4.69) is 5.32 Å². The summed E-state index contributed by atoms with van der Waals surface area (Å²) in [5.74, 6) is -1.43. The summed E-state index contributed by atoms with van der Waals surface area (Å²) in [7, 11) is 0. The number of aryl methyl sites for hydroxylation is 1. The number of rotatable bonds is 5. The van der Waals surface area contributed by atoms with Crippen molar-refractivity contribution < 1.29 is 19.8 Å². The van der Waals surface area contributed by atoms with Gasteiger partial charge in [0, 0.05) is 13.1 Å². The standard InChI is InChI=1S/C21H24N2O4/c1-13-7-9-15(10-8-13)14(2)22-20(26)18(24)19(25)21(27)23-11-16-5-3-4-6-17(16)12-23/h3-10,14,18-19,24-25H,11-12H2,1-2H3,(H,22,26)/t14-,18?,19?/m0/s1. The summed E-state index contributed by atoms with van der Waals surface area (Å²) in [6, 6.07) is 14.9. The first-order chi connectivity index (χ1) is 12.9. The summed E-state index contributed by atoms with van der Waals surface area (Å²) >= 11 is 0. The van der Waals surface area contributed by atoms with Crippen LogP contribution in [0.3, 0.4) is 0 Å². The molecule has 0 saturated carbocycles. The van der Waals surface area contributed by atoms with E-state index in [9.17, 15) is 19.8 Å². The Kier molecular flexibility index (Phi) is 5.58. The molecule has 0 saturated heterocycles. The maximum absolute atomic E-state index is 12.5. The van der Waals surface area contributed by atoms with Crippen molar-refractivity contribution in [1.29, 1.82) is 0 Å². The average molecular weight is 368 g/mol. The first-order valence-corrected chi connectivity index (χ1v) is 8.95. The molecule has 142 valence electrons. The highest BCUT2D eigenvalue weighted by Crippen LogP contribution is 2.23. The third-order valence-corrected chi connectivity index (χ3v) is 4.91. The van der Waals surface area contributed by atoms with Crippen LogP contribution in [0.4, 0.5) is 0 Å². The Morgan fingerprint density at radius 1 is 0.963 bits per heavy atom. The van der Waals surface area contributed by atoms with Gasteiger partial charge in [-0.1, -0.05) is 54.1 Å². The van der Waals surface area contributed by atoms with Gasteiger partial charge in [0.2, 0.25) is 0 Å². The quantitative estimate of drug-likeness (QED) is 0.745. The maximum atomic E-state index is 12.5. The van der Waals surface area contributed by atoms with Gasteiger partial charge in [0.1, 0.15) is 0 Å². The molecular weight excluding hydrogens is 344 g/mol. The van der Waals surface area contributed by atoms with Gasteiger partial charge in [-0.3, -0.25) is 9.59 Å². The van der Waals surface area contributed by atoms with Crippen molar-refractivity contribution >= 4 is 11.8 Å². The largest absolute Gasteiger partial charge is 0.380 e. The summed E-state index contributed by atoms with van der Waals surface area (Å²) in [6.45, 7) is 4.47. The Balaban J connectivity index is 1.59. The molecule has 0 fully saturated rings. The first kappa shape index (κ1) is 19.1. The molecule has 6 nitrogen and oxygen atoms in total. The first-order valence-electron chi connectivity index (χ1n) is 8.95. The highest BCUT2D eigenvalue weighted by molar-refractivity contribution is 5.91. The van der Waals surface area contributed by atoms with E-state index in [0.29, 0.717) is 13.1 Å². The number of carbonyl (C=O) groups excluding carboxylic acids is 2. The van der Waals surface area contributed by atoms with Gasteiger partial charge in [0.15, 0.2) is 12.2 Å². The van der Waals surface area contributed by atoms with Gasteiger partial charge in [-0.2, -0.15) is 0 Å². The van der Waals surface area contributed by atoms with Crippen LogP contribution in [0.5, 0.6) is 0 Å². The van der Waals surface area contributed by atoms with E-state index in [0.717, 1.165) is 22.3 Å². The normalized spacial score (nSPS) is 16.4. The number of amides is 2. The number of aliphatic hydroxyl groups is 2. The van der Waals surface area contributed by atoms with Crippen LogP contribution in [-0.2, 0) is 22.7 Å². The van der Waals surface area contributed by atoms with Crippen molar-refractivity contribution in [2.24, 2.45) is 0 Å². The molecule has 6 heteroatoms. The summed E-state index contributed by atoms with van der Waals surface area (Å²) in [5.41, 5.74) is 3.98. The van der Waals surface area contributed by atoms with Gasteiger partial charge in [-0.05, 0) is 30.5 Å². The van der Waals surface area contributed by atoms with E-state index in [1.807, 2.05) is 55.5 Å². The van der Waals surface area contributed by atoms with Crippen LogP contribution in [0.15, 0.2) is 48.5 Å². The fraction of sp³-hybridized carbons (Fsp3) is 0.333. The minimum absolute atomic E-state index is 0.355. The maximum Gasteiger partial charge on any atom is 0.255 e. The minimum Gasteiger partial charge on any atom is -0.380 e. The molecule has 27 heavy (non-hydrogen) atoms. The number of carbonyl (C=O) groups is 2. The molecule has 0 bridgehead atoms. The van der Waals surface area contributed by atoms with E-state index in [1.165, 1.54) is 4.90 Å². The number of nitrogens with zero attached hydrogens (tertiary/aromatic N) is 1. The van der Waals surface area contributed by atoms with Crippen molar-refractivity contribution in [3.63, 3.8) is 0 Å². The molecule has 0 radical (unpaired) electrons. The van der Waals surface area contributed by atoms with E-state index >= 15 is 0 Å². The van der Waals surface area contributed by atoms with Crippen LogP contribution in [0.2, 0.25) is 0 Å². The number of fused-ring (bicyclic) bond motifs is 1. The second-order valence-electron chi connectivity index (χ2n) is 6.99. The molecule has 2 aromatic carbocycles. The Morgan fingerprint density at radius 2 is 1.52 bits per heavy atom. The van der Waals surface area contributed by atoms with Crippen LogP contribution in [0.1, 0.15) is 35.2 Å². The van der Waals surface area contributed by atoms with Crippen molar-refractivity contribution in [2.45, 2.75) is 45.2 Å².